The van der Waals surface area contributed by atoms with Crippen molar-refractivity contribution in [2.24, 2.45) is 0 Å². The highest BCUT2D eigenvalue weighted by Gasteiger charge is 2.22. The van der Waals surface area contributed by atoms with E-state index in [1.54, 1.807) is 18.2 Å². The second kappa shape index (κ2) is 8.37. The fourth-order valence-corrected chi connectivity index (χ4v) is 3.17. The van der Waals surface area contributed by atoms with E-state index in [2.05, 4.69) is 23.7 Å². The first-order valence-corrected chi connectivity index (χ1v) is 9.28. The molecule has 1 aliphatic rings. The molecule has 2 aromatic rings. The maximum atomic E-state index is 6.01. The average molecular weight is 379 g/mol. The molecule has 0 aliphatic carbocycles. The summed E-state index contributed by atoms with van der Waals surface area (Å²) in [6, 6.07) is 9.76. The van der Waals surface area contributed by atoms with Crippen LogP contribution in [-0.2, 0) is 0 Å². The Balaban J connectivity index is 1.69. The molecule has 0 saturated carbocycles. The third kappa shape index (κ3) is 4.85. The number of aromatic nitrogens is 1. The number of rotatable bonds is 4. The van der Waals surface area contributed by atoms with Crippen LogP contribution < -0.4 is 10.1 Å². The molecule has 1 atom stereocenters. The number of halogens is 2. The Morgan fingerprint density at radius 1 is 1.16 bits per heavy atom. The quantitative estimate of drug-likeness (QED) is 0.755. The number of nitrogens with zero attached hydrogens (tertiary/aromatic N) is 3. The summed E-state index contributed by atoms with van der Waals surface area (Å²) < 4.78 is 5.75. The molecule has 0 N–H and O–H groups in total. The molecule has 6 heteroatoms. The van der Waals surface area contributed by atoms with Crippen molar-refractivity contribution in [1.82, 2.24) is 15.2 Å². The Hall–Kier alpha value is -1.33. The van der Waals surface area contributed by atoms with Crippen molar-refractivity contribution in [1.29, 1.82) is 0 Å². The SMILES string of the molecule is CC(C)N1CCC[N]C(c2ccc(Oc3ccc(Cl)c(Cl)c3)nc2)C1. The molecular weight excluding hydrogens is 357 g/mol. The molecule has 1 unspecified atom stereocenters. The van der Waals surface area contributed by atoms with Crippen LogP contribution in [-0.4, -0.2) is 35.6 Å². The van der Waals surface area contributed by atoms with E-state index in [9.17, 15) is 0 Å². The van der Waals surface area contributed by atoms with E-state index in [-0.39, 0.29) is 6.04 Å². The molecule has 133 valence electrons. The zero-order chi connectivity index (χ0) is 17.8. The van der Waals surface area contributed by atoms with Crippen molar-refractivity contribution in [2.75, 3.05) is 19.6 Å². The number of hydrogen-bond donors (Lipinski definition) is 0. The van der Waals surface area contributed by atoms with Crippen LogP contribution in [0.15, 0.2) is 36.5 Å². The molecule has 0 spiro atoms. The van der Waals surface area contributed by atoms with Gasteiger partial charge in [-0.3, -0.25) is 4.90 Å². The van der Waals surface area contributed by atoms with Gasteiger partial charge in [0.2, 0.25) is 5.88 Å². The highest BCUT2D eigenvalue weighted by atomic mass is 35.5. The first kappa shape index (κ1) is 18.5. The summed E-state index contributed by atoms with van der Waals surface area (Å²) in [5.41, 5.74) is 1.12. The lowest BCUT2D eigenvalue weighted by molar-refractivity contribution is 0.217. The standard InChI is InChI=1S/C19H22Cl2N3O/c1-13(2)24-9-3-8-22-18(12-24)14-4-7-19(23-11-14)25-15-5-6-16(20)17(21)10-15/h4-7,10-11,13,18H,3,8-9,12H2,1-2H3. The largest absolute Gasteiger partial charge is 0.439 e. The number of pyridine rings is 1. The van der Waals surface area contributed by atoms with E-state index in [0.29, 0.717) is 27.7 Å². The summed E-state index contributed by atoms with van der Waals surface area (Å²) in [5.74, 6) is 1.14. The highest BCUT2D eigenvalue weighted by molar-refractivity contribution is 6.42. The molecule has 1 aromatic carbocycles. The predicted molar refractivity (Wildman–Crippen MR) is 102 cm³/mol. The van der Waals surface area contributed by atoms with E-state index in [4.69, 9.17) is 33.3 Å². The van der Waals surface area contributed by atoms with Gasteiger partial charge in [-0.05, 0) is 44.5 Å². The normalized spacial score (nSPS) is 19.0. The molecule has 4 nitrogen and oxygen atoms in total. The Morgan fingerprint density at radius 3 is 2.68 bits per heavy atom. The van der Waals surface area contributed by atoms with E-state index in [0.717, 1.165) is 31.6 Å². The van der Waals surface area contributed by atoms with Gasteiger partial charge in [0.15, 0.2) is 0 Å². The smallest absolute Gasteiger partial charge is 0.219 e. The molecule has 25 heavy (non-hydrogen) atoms. The fraction of sp³-hybridized carbons (Fsp3) is 0.421. The molecule has 3 rings (SSSR count). The van der Waals surface area contributed by atoms with Crippen LogP contribution in [0.3, 0.4) is 0 Å². The van der Waals surface area contributed by atoms with Crippen molar-refractivity contribution in [3.05, 3.63) is 52.1 Å². The van der Waals surface area contributed by atoms with Crippen LogP contribution in [0.5, 0.6) is 11.6 Å². The maximum Gasteiger partial charge on any atom is 0.219 e. The van der Waals surface area contributed by atoms with Gasteiger partial charge >= 0.3 is 0 Å². The van der Waals surface area contributed by atoms with Crippen LogP contribution in [0.4, 0.5) is 0 Å². The number of benzene rings is 1. The molecule has 1 radical (unpaired) electrons. The first-order chi connectivity index (χ1) is 12.0. The summed E-state index contributed by atoms with van der Waals surface area (Å²) in [6.07, 6.45) is 2.96. The van der Waals surface area contributed by atoms with Crippen LogP contribution in [0.2, 0.25) is 10.0 Å². The van der Waals surface area contributed by atoms with Gasteiger partial charge in [-0.1, -0.05) is 29.3 Å². The number of hydrogen-bond acceptors (Lipinski definition) is 3. The monoisotopic (exact) mass is 378 g/mol. The Labute approximate surface area is 159 Å². The molecule has 0 bridgehead atoms. The van der Waals surface area contributed by atoms with E-state index in [1.165, 1.54) is 0 Å². The van der Waals surface area contributed by atoms with Crippen molar-refractivity contribution < 1.29 is 4.74 Å². The lowest BCUT2D eigenvalue weighted by atomic mass is 10.1. The third-order valence-electron chi connectivity index (χ3n) is 4.35. The fourth-order valence-electron chi connectivity index (χ4n) is 2.88. The van der Waals surface area contributed by atoms with Crippen LogP contribution >= 0.6 is 23.2 Å². The lowest BCUT2D eigenvalue weighted by Crippen LogP contribution is -2.34. The van der Waals surface area contributed by atoms with Gasteiger partial charge < -0.3 is 4.74 Å². The topological polar surface area (TPSA) is 39.5 Å². The summed E-state index contributed by atoms with van der Waals surface area (Å²) >= 11 is 11.9. The summed E-state index contributed by atoms with van der Waals surface area (Å²) in [4.78, 5) is 6.90. The zero-order valence-corrected chi connectivity index (χ0v) is 16.0. The van der Waals surface area contributed by atoms with Crippen molar-refractivity contribution in [3.63, 3.8) is 0 Å². The molecule has 0 amide bonds. The van der Waals surface area contributed by atoms with Crippen molar-refractivity contribution >= 4 is 23.2 Å². The van der Waals surface area contributed by atoms with E-state index < -0.39 is 0 Å². The van der Waals surface area contributed by atoms with Gasteiger partial charge in [0.05, 0.1) is 16.1 Å². The van der Waals surface area contributed by atoms with Gasteiger partial charge in [0, 0.05) is 37.5 Å². The average Bonchev–Trinajstić information content (AvgIpc) is 2.85. The van der Waals surface area contributed by atoms with Crippen molar-refractivity contribution in [2.45, 2.75) is 32.4 Å². The minimum absolute atomic E-state index is 0.163. The second-order valence-electron chi connectivity index (χ2n) is 6.47. The summed E-state index contributed by atoms with van der Waals surface area (Å²) in [6.45, 7) is 7.40. The van der Waals surface area contributed by atoms with Crippen LogP contribution in [0.1, 0.15) is 31.9 Å². The number of ether oxygens (including phenoxy) is 1. The van der Waals surface area contributed by atoms with Gasteiger partial charge in [0.25, 0.3) is 0 Å². The Morgan fingerprint density at radius 2 is 2.00 bits per heavy atom. The molecule has 1 saturated heterocycles. The minimum Gasteiger partial charge on any atom is -0.439 e. The lowest BCUT2D eigenvalue weighted by Gasteiger charge is -2.27. The van der Waals surface area contributed by atoms with Gasteiger partial charge in [-0.15, -0.1) is 0 Å². The minimum atomic E-state index is 0.163. The molecule has 1 aromatic heterocycles. The molecular formula is C19H22Cl2N3O. The van der Waals surface area contributed by atoms with Gasteiger partial charge in [0.1, 0.15) is 5.75 Å². The zero-order valence-electron chi connectivity index (χ0n) is 14.5. The third-order valence-corrected chi connectivity index (χ3v) is 5.09. The van der Waals surface area contributed by atoms with Crippen LogP contribution in [0, 0.1) is 0 Å². The maximum absolute atomic E-state index is 6.01. The van der Waals surface area contributed by atoms with Crippen molar-refractivity contribution in [3.8, 4) is 11.6 Å². The summed E-state index contributed by atoms with van der Waals surface area (Å²) in [7, 11) is 0. The Bertz CT molecular complexity index is 706. The molecule has 2 heterocycles. The Kier molecular flexibility index (Phi) is 6.18. The summed E-state index contributed by atoms with van der Waals surface area (Å²) in [5, 5.41) is 5.77. The van der Waals surface area contributed by atoms with Gasteiger partial charge in [-0.2, -0.15) is 0 Å². The first-order valence-electron chi connectivity index (χ1n) is 8.52. The predicted octanol–water partition coefficient (Wildman–Crippen LogP) is 4.94. The molecule has 1 fully saturated rings. The molecule has 1 aliphatic heterocycles. The van der Waals surface area contributed by atoms with E-state index in [1.807, 2.05) is 18.3 Å². The van der Waals surface area contributed by atoms with Gasteiger partial charge in [-0.25, -0.2) is 10.3 Å². The van der Waals surface area contributed by atoms with Crippen LogP contribution in [0.25, 0.3) is 0 Å². The second-order valence-corrected chi connectivity index (χ2v) is 7.29. The highest BCUT2D eigenvalue weighted by Crippen LogP contribution is 2.29. The van der Waals surface area contributed by atoms with E-state index >= 15 is 0 Å².